The summed E-state index contributed by atoms with van der Waals surface area (Å²) in [7, 11) is 1.91. The fraction of sp³-hybridized carbons (Fsp3) is 0.526. The molecule has 0 amide bonds. The van der Waals surface area contributed by atoms with Crippen LogP contribution in [0.3, 0.4) is 0 Å². The van der Waals surface area contributed by atoms with Crippen molar-refractivity contribution in [1.29, 1.82) is 0 Å². The van der Waals surface area contributed by atoms with Gasteiger partial charge in [0.05, 0.1) is 12.6 Å². The Morgan fingerprint density at radius 1 is 1.24 bits per heavy atom. The maximum absolute atomic E-state index is 5.89. The number of amidine groups is 1. The number of aliphatic imine (C=N–C) groups is 1. The Hall–Kier alpha value is -1.66. The Kier molecular flexibility index (Phi) is 6.64. The van der Waals surface area contributed by atoms with E-state index in [4.69, 9.17) is 4.74 Å². The quantitative estimate of drug-likeness (QED) is 0.891. The van der Waals surface area contributed by atoms with E-state index in [2.05, 4.69) is 45.4 Å². The van der Waals surface area contributed by atoms with E-state index in [1.165, 1.54) is 25.7 Å². The van der Waals surface area contributed by atoms with Crippen molar-refractivity contribution in [3.63, 3.8) is 0 Å². The minimum absolute atomic E-state index is 0.314. The first kappa shape index (κ1) is 18.1. The molecule has 1 atom stereocenters. The standard InChI is InChI=1S/C19H26N4OS/c1-14-10-15(6-5-9-21-19(20-2)25-14)16-11-22-18(23-12-16)13-24-17-7-3-4-8-17/h5-6,10-12,14,17H,3-4,7-9,13H2,1-2H3,(H,20,21)/b6-5-,15-10+. The largest absolute Gasteiger partial charge is 0.370 e. The average molecular weight is 359 g/mol. The molecule has 2 heterocycles. The maximum Gasteiger partial charge on any atom is 0.157 e. The van der Waals surface area contributed by atoms with E-state index >= 15 is 0 Å². The highest BCUT2D eigenvalue weighted by atomic mass is 32.2. The van der Waals surface area contributed by atoms with Crippen molar-refractivity contribution in [1.82, 2.24) is 15.3 Å². The number of hydrogen-bond acceptors (Lipinski definition) is 6. The Bertz CT molecular complexity index is 648. The number of ether oxygens (including phenoxy) is 1. The van der Waals surface area contributed by atoms with E-state index in [1.807, 2.05) is 19.4 Å². The number of rotatable bonds is 4. The predicted octanol–water partition coefficient (Wildman–Crippen LogP) is 3.59. The molecule has 0 bridgehead atoms. The molecular weight excluding hydrogens is 332 g/mol. The molecule has 1 saturated carbocycles. The number of nitrogens with zero attached hydrogens (tertiary/aromatic N) is 3. The average Bonchev–Trinajstić information content (AvgIpc) is 3.17. The third-order valence-electron chi connectivity index (χ3n) is 4.35. The van der Waals surface area contributed by atoms with Crippen LogP contribution in [0.2, 0.25) is 0 Å². The minimum Gasteiger partial charge on any atom is -0.370 e. The lowest BCUT2D eigenvalue weighted by molar-refractivity contribution is 0.0417. The molecule has 0 spiro atoms. The lowest BCUT2D eigenvalue weighted by Gasteiger charge is -2.11. The molecular formula is C19H26N4OS. The zero-order valence-corrected chi connectivity index (χ0v) is 15.8. The Morgan fingerprint density at radius 2 is 2.00 bits per heavy atom. The number of hydrogen-bond donors (Lipinski definition) is 1. The van der Waals surface area contributed by atoms with Crippen LogP contribution < -0.4 is 5.32 Å². The van der Waals surface area contributed by atoms with Crippen molar-refractivity contribution < 1.29 is 4.74 Å². The summed E-state index contributed by atoms with van der Waals surface area (Å²) in [5.74, 6) is 0.756. The van der Waals surface area contributed by atoms with E-state index in [0.717, 1.165) is 22.1 Å². The molecule has 1 fully saturated rings. The maximum atomic E-state index is 5.89. The van der Waals surface area contributed by atoms with E-state index in [9.17, 15) is 0 Å². The van der Waals surface area contributed by atoms with Gasteiger partial charge in [0.25, 0.3) is 0 Å². The molecule has 1 unspecified atom stereocenters. The normalized spacial score (nSPS) is 27.4. The van der Waals surface area contributed by atoms with Gasteiger partial charge in [-0.05, 0) is 25.3 Å². The molecule has 1 aromatic rings. The molecule has 3 rings (SSSR count). The minimum atomic E-state index is 0.314. The molecule has 0 saturated heterocycles. The Morgan fingerprint density at radius 3 is 2.72 bits per heavy atom. The summed E-state index contributed by atoms with van der Waals surface area (Å²) >= 11 is 1.72. The summed E-state index contributed by atoms with van der Waals surface area (Å²) in [6.45, 7) is 3.34. The molecule has 134 valence electrons. The van der Waals surface area contributed by atoms with Gasteiger partial charge in [0.15, 0.2) is 11.0 Å². The molecule has 0 radical (unpaired) electrons. The summed E-state index contributed by atoms with van der Waals surface area (Å²) in [5.41, 5.74) is 2.16. The van der Waals surface area contributed by atoms with Crippen LogP contribution in [0.4, 0.5) is 0 Å². The van der Waals surface area contributed by atoms with Crippen molar-refractivity contribution in [2.45, 2.75) is 50.6 Å². The summed E-state index contributed by atoms with van der Waals surface area (Å²) in [4.78, 5) is 13.5. The Balaban J connectivity index is 1.65. The van der Waals surface area contributed by atoms with E-state index < -0.39 is 0 Å². The summed E-state index contributed by atoms with van der Waals surface area (Å²) in [5, 5.41) is 4.42. The first-order chi connectivity index (χ1) is 12.2. The van der Waals surface area contributed by atoms with Crippen LogP contribution in [0.5, 0.6) is 0 Å². The van der Waals surface area contributed by atoms with Crippen LogP contribution in [0.25, 0.3) is 5.57 Å². The second kappa shape index (κ2) is 9.15. The first-order valence-corrected chi connectivity index (χ1v) is 9.82. The van der Waals surface area contributed by atoms with Crippen LogP contribution in [0.1, 0.15) is 44.0 Å². The van der Waals surface area contributed by atoms with Crippen molar-refractivity contribution in [3.8, 4) is 0 Å². The van der Waals surface area contributed by atoms with Gasteiger partial charge in [-0.1, -0.05) is 42.8 Å². The van der Waals surface area contributed by atoms with Gasteiger partial charge in [0, 0.05) is 30.3 Å². The zero-order valence-electron chi connectivity index (χ0n) is 14.9. The van der Waals surface area contributed by atoms with Crippen LogP contribution in [-0.4, -0.2) is 40.1 Å². The highest BCUT2D eigenvalue weighted by molar-refractivity contribution is 8.14. The third kappa shape index (κ3) is 5.41. The van der Waals surface area contributed by atoms with Crippen LogP contribution in [-0.2, 0) is 11.3 Å². The van der Waals surface area contributed by atoms with Crippen molar-refractivity contribution in [2.24, 2.45) is 4.99 Å². The predicted molar refractivity (Wildman–Crippen MR) is 105 cm³/mol. The van der Waals surface area contributed by atoms with E-state index in [-0.39, 0.29) is 0 Å². The van der Waals surface area contributed by atoms with Crippen LogP contribution >= 0.6 is 11.8 Å². The topological polar surface area (TPSA) is 59.4 Å². The van der Waals surface area contributed by atoms with Crippen LogP contribution in [0, 0.1) is 0 Å². The highest BCUT2D eigenvalue weighted by Crippen LogP contribution is 2.23. The lowest BCUT2D eigenvalue weighted by Crippen LogP contribution is -2.17. The molecule has 1 aromatic heterocycles. The van der Waals surface area contributed by atoms with Crippen LogP contribution in [0.15, 0.2) is 35.6 Å². The molecule has 6 heteroatoms. The smallest absolute Gasteiger partial charge is 0.157 e. The fourth-order valence-electron chi connectivity index (χ4n) is 3.03. The second-order valence-corrected chi connectivity index (χ2v) is 7.71. The van der Waals surface area contributed by atoms with Gasteiger partial charge < -0.3 is 10.1 Å². The molecule has 1 N–H and O–H groups in total. The summed E-state index contributed by atoms with van der Waals surface area (Å²) in [6, 6.07) is 0. The fourth-order valence-corrected chi connectivity index (χ4v) is 3.86. The summed E-state index contributed by atoms with van der Waals surface area (Å²) < 4.78 is 5.89. The molecule has 5 nitrogen and oxygen atoms in total. The lowest BCUT2D eigenvalue weighted by atomic mass is 10.1. The molecule has 0 aromatic carbocycles. The number of allylic oxidation sites excluding steroid dienone is 2. The summed E-state index contributed by atoms with van der Waals surface area (Å²) in [6.07, 6.45) is 15.5. The molecule has 1 aliphatic heterocycles. The molecule has 2 aliphatic rings. The third-order valence-corrected chi connectivity index (χ3v) is 5.42. The Labute approximate surface area is 154 Å². The van der Waals surface area contributed by atoms with Crippen molar-refractivity contribution in [3.05, 3.63) is 42.0 Å². The number of aromatic nitrogens is 2. The van der Waals surface area contributed by atoms with Crippen molar-refractivity contribution in [2.75, 3.05) is 13.6 Å². The number of thioether (sulfide) groups is 1. The van der Waals surface area contributed by atoms with Gasteiger partial charge in [-0.2, -0.15) is 0 Å². The monoisotopic (exact) mass is 358 g/mol. The highest BCUT2D eigenvalue weighted by Gasteiger charge is 2.16. The van der Waals surface area contributed by atoms with E-state index in [1.54, 1.807) is 11.8 Å². The second-order valence-electron chi connectivity index (χ2n) is 6.35. The molecule has 1 aliphatic carbocycles. The van der Waals surface area contributed by atoms with Gasteiger partial charge in [-0.3, -0.25) is 4.99 Å². The van der Waals surface area contributed by atoms with Gasteiger partial charge in [0.1, 0.15) is 6.61 Å². The van der Waals surface area contributed by atoms with Gasteiger partial charge in [-0.25, -0.2) is 9.97 Å². The van der Waals surface area contributed by atoms with Gasteiger partial charge in [-0.15, -0.1) is 0 Å². The molecule has 25 heavy (non-hydrogen) atoms. The SMILES string of the molecule is CN/C1=N/C/C=C\C(c2cnc(COC3CCCC3)nc2)=C/C(C)S1. The number of nitrogens with one attached hydrogen (secondary N) is 1. The van der Waals surface area contributed by atoms with Gasteiger partial charge in [0.2, 0.25) is 0 Å². The van der Waals surface area contributed by atoms with E-state index in [0.29, 0.717) is 24.5 Å². The van der Waals surface area contributed by atoms with Gasteiger partial charge >= 0.3 is 0 Å². The zero-order chi connectivity index (χ0) is 17.5. The first-order valence-electron chi connectivity index (χ1n) is 8.94. The van der Waals surface area contributed by atoms with Crippen molar-refractivity contribution >= 4 is 22.5 Å².